The van der Waals surface area contributed by atoms with E-state index in [-0.39, 0.29) is 30.4 Å². The summed E-state index contributed by atoms with van der Waals surface area (Å²) in [6.07, 6.45) is 1.51. The van der Waals surface area contributed by atoms with E-state index in [2.05, 4.69) is 21.7 Å². The van der Waals surface area contributed by atoms with E-state index in [1.807, 2.05) is 30.3 Å². The Morgan fingerprint density at radius 1 is 1.18 bits per heavy atom. The number of methoxy groups -OCH3 is 1. The van der Waals surface area contributed by atoms with Crippen LogP contribution in [-0.4, -0.2) is 49.5 Å². The fourth-order valence-corrected chi connectivity index (χ4v) is 5.48. The van der Waals surface area contributed by atoms with Crippen LogP contribution < -0.4 is 15.5 Å². The molecule has 2 atom stereocenters. The first kappa shape index (κ1) is 28.8. The lowest BCUT2D eigenvalue weighted by Crippen LogP contribution is -2.61. The van der Waals surface area contributed by atoms with Crippen LogP contribution in [0.4, 0.5) is 19.3 Å². The van der Waals surface area contributed by atoms with Gasteiger partial charge in [0.05, 0.1) is 18.6 Å². The van der Waals surface area contributed by atoms with Crippen LogP contribution in [0.15, 0.2) is 53.5 Å². The highest BCUT2D eigenvalue weighted by molar-refractivity contribution is 6.10. The summed E-state index contributed by atoms with van der Waals surface area (Å²) in [6, 6.07) is 14.5. The number of esters is 1. The van der Waals surface area contributed by atoms with E-state index in [0.717, 1.165) is 35.4 Å². The van der Waals surface area contributed by atoms with Crippen molar-refractivity contribution in [3.63, 3.8) is 0 Å². The number of carbonyl (C=O) groups excluding carboxylic acids is 3. The maximum Gasteiger partial charge on any atom is 0.342 e. The van der Waals surface area contributed by atoms with Crippen LogP contribution in [0.5, 0.6) is 0 Å². The summed E-state index contributed by atoms with van der Waals surface area (Å²) in [5.41, 5.74) is 0.555. The largest absolute Gasteiger partial charge is 0.468 e. The summed E-state index contributed by atoms with van der Waals surface area (Å²) < 4.78 is 32.8. The average Bonchev–Trinajstić information content (AvgIpc) is 2.95. The standard InChI is InChI=1S/C29H31F2N5O4/c1-18-25(27(38)40-2)26(35-28(39)34-18)36(21-8-9-22(30)23(31)16-21)24(37)12-15-33-20-10-13-29(17-32,14-11-20)19-6-4-3-5-7-19/h3-9,16,20,25-26,33H,10-15H2,1-2H3,(H,35,39). The summed E-state index contributed by atoms with van der Waals surface area (Å²) in [6.45, 7) is 1.72. The predicted octanol–water partition coefficient (Wildman–Crippen LogP) is 3.98. The first-order valence-electron chi connectivity index (χ1n) is 13.1. The van der Waals surface area contributed by atoms with Crippen LogP contribution in [0.3, 0.4) is 0 Å². The molecule has 2 N–H and O–H groups in total. The van der Waals surface area contributed by atoms with Gasteiger partial charge >= 0.3 is 12.0 Å². The number of halogens is 2. The molecule has 2 aromatic carbocycles. The molecule has 0 radical (unpaired) electrons. The van der Waals surface area contributed by atoms with Crippen LogP contribution in [0, 0.1) is 28.9 Å². The van der Waals surface area contributed by atoms with Crippen LogP contribution in [0.1, 0.15) is 44.6 Å². The number of benzene rings is 2. The van der Waals surface area contributed by atoms with Gasteiger partial charge in [-0.2, -0.15) is 5.26 Å². The molecule has 1 heterocycles. The zero-order valence-corrected chi connectivity index (χ0v) is 22.3. The monoisotopic (exact) mass is 551 g/mol. The Bertz CT molecular complexity index is 1340. The number of carbonyl (C=O) groups is 3. The molecule has 3 amide bonds. The molecule has 1 aliphatic carbocycles. The molecule has 0 aromatic heterocycles. The first-order valence-corrected chi connectivity index (χ1v) is 13.1. The van der Waals surface area contributed by atoms with Gasteiger partial charge in [0.1, 0.15) is 12.1 Å². The topological polar surface area (TPSA) is 124 Å². The minimum absolute atomic E-state index is 0.0304. The average molecular weight is 552 g/mol. The van der Waals surface area contributed by atoms with Gasteiger partial charge in [-0.25, -0.2) is 18.6 Å². The lowest BCUT2D eigenvalue weighted by atomic mass is 9.69. The number of ether oxygens (including phenoxy) is 1. The Labute approximate surface area is 231 Å². The molecule has 1 aliphatic heterocycles. The zero-order chi connectivity index (χ0) is 28.9. The molecule has 11 heteroatoms. The van der Waals surface area contributed by atoms with Crippen LogP contribution >= 0.6 is 0 Å². The number of nitrogens with one attached hydrogen (secondary N) is 2. The third-order valence-corrected chi connectivity index (χ3v) is 7.65. The van der Waals surface area contributed by atoms with Gasteiger partial charge in [0.15, 0.2) is 11.6 Å². The lowest BCUT2D eigenvalue weighted by Gasteiger charge is -2.38. The molecule has 2 aromatic rings. The summed E-state index contributed by atoms with van der Waals surface area (Å²) in [4.78, 5) is 43.3. The van der Waals surface area contributed by atoms with E-state index < -0.39 is 47.0 Å². The molecular formula is C29H31F2N5O4. The zero-order valence-electron chi connectivity index (χ0n) is 22.3. The highest BCUT2D eigenvalue weighted by atomic mass is 19.2. The number of urea groups is 1. The molecule has 0 saturated heterocycles. The van der Waals surface area contributed by atoms with Gasteiger partial charge in [0.25, 0.3) is 0 Å². The van der Waals surface area contributed by atoms with Gasteiger partial charge in [-0.15, -0.1) is 0 Å². The number of hydrogen-bond donors (Lipinski definition) is 2. The second kappa shape index (κ2) is 12.3. The van der Waals surface area contributed by atoms with Crippen molar-refractivity contribution in [3.05, 3.63) is 65.7 Å². The molecule has 1 fully saturated rings. The molecule has 2 aliphatic rings. The molecule has 4 rings (SSSR count). The SMILES string of the molecule is COC(=O)C1C(C)=NC(=O)NC1N(C(=O)CCNC1CCC(C#N)(c2ccccc2)CC1)c1ccc(F)c(F)c1. The Hall–Kier alpha value is -4.17. The third kappa shape index (κ3) is 6.02. The summed E-state index contributed by atoms with van der Waals surface area (Å²) in [7, 11) is 1.17. The minimum atomic E-state index is -1.26. The Morgan fingerprint density at radius 2 is 1.88 bits per heavy atom. The number of anilines is 1. The van der Waals surface area contributed by atoms with E-state index in [1.54, 1.807) is 0 Å². The Kier molecular flexibility index (Phi) is 8.90. The smallest absolute Gasteiger partial charge is 0.342 e. The van der Waals surface area contributed by atoms with Crippen molar-refractivity contribution in [2.75, 3.05) is 18.6 Å². The van der Waals surface area contributed by atoms with Gasteiger partial charge in [-0.05, 0) is 50.3 Å². The Morgan fingerprint density at radius 3 is 2.50 bits per heavy atom. The number of amides is 3. The van der Waals surface area contributed by atoms with Gasteiger partial charge in [-0.1, -0.05) is 30.3 Å². The van der Waals surface area contributed by atoms with Crippen molar-refractivity contribution in [1.29, 1.82) is 5.26 Å². The third-order valence-electron chi connectivity index (χ3n) is 7.65. The normalized spacial score (nSPS) is 24.3. The number of aliphatic imine (C=N–C) groups is 1. The van der Waals surface area contributed by atoms with Crippen molar-refractivity contribution in [3.8, 4) is 6.07 Å². The maximum atomic E-state index is 14.2. The van der Waals surface area contributed by atoms with Gasteiger partial charge in [-0.3, -0.25) is 14.5 Å². The fraction of sp³-hybridized carbons (Fsp3) is 0.414. The first-order chi connectivity index (χ1) is 19.2. The molecule has 9 nitrogen and oxygen atoms in total. The number of nitrogens with zero attached hydrogens (tertiary/aromatic N) is 3. The molecule has 0 bridgehead atoms. The van der Waals surface area contributed by atoms with Gasteiger partial charge in [0.2, 0.25) is 5.91 Å². The van der Waals surface area contributed by atoms with Crippen molar-refractivity contribution in [2.24, 2.45) is 10.9 Å². The lowest BCUT2D eigenvalue weighted by molar-refractivity contribution is -0.143. The van der Waals surface area contributed by atoms with E-state index in [1.165, 1.54) is 20.1 Å². The van der Waals surface area contributed by atoms with E-state index in [9.17, 15) is 28.4 Å². The van der Waals surface area contributed by atoms with Crippen LogP contribution in [0.2, 0.25) is 0 Å². The van der Waals surface area contributed by atoms with Gasteiger partial charge < -0.3 is 15.4 Å². The van der Waals surface area contributed by atoms with Crippen molar-refractivity contribution in [2.45, 2.75) is 56.7 Å². The minimum Gasteiger partial charge on any atom is -0.468 e. The molecule has 0 spiro atoms. The second-order valence-corrected chi connectivity index (χ2v) is 10.0. The number of hydrogen-bond acceptors (Lipinski definition) is 6. The highest BCUT2D eigenvalue weighted by Crippen LogP contribution is 2.39. The second-order valence-electron chi connectivity index (χ2n) is 10.0. The number of rotatable bonds is 8. The summed E-state index contributed by atoms with van der Waals surface area (Å²) >= 11 is 0. The predicted molar refractivity (Wildman–Crippen MR) is 143 cm³/mol. The van der Waals surface area contributed by atoms with E-state index in [4.69, 9.17) is 4.74 Å². The van der Waals surface area contributed by atoms with Crippen LogP contribution in [-0.2, 0) is 19.7 Å². The van der Waals surface area contributed by atoms with Crippen molar-refractivity contribution < 1.29 is 27.9 Å². The van der Waals surface area contributed by atoms with Crippen molar-refractivity contribution in [1.82, 2.24) is 10.6 Å². The van der Waals surface area contributed by atoms with Crippen LogP contribution in [0.25, 0.3) is 0 Å². The molecular weight excluding hydrogens is 520 g/mol. The molecule has 210 valence electrons. The van der Waals surface area contributed by atoms with E-state index in [0.29, 0.717) is 12.8 Å². The maximum absolute atomic E-state index is 14.2. The van der Waals surface area contributed by atoms with E-state index >= 15 is 0 Å². The summed E-state index contributed by atoms with van der Waals surface area (Å²) in [5, 5.41) is 15.8. The van der Waals surface area contributed by atoms with Gasteiger partial charge in [0, 0.05) is 36.5 Å². The highest BCUT2D eigenvalue weighted by Gasteiger charge is 2.43. The Balaban J connectivity index is 1.48. The molecule has 40 heavy (non-hydrogen) atoms. The number of nitriles is 1. The fourth-order valence-electron chi connectivity index (χ4n) is 5.48. The molecule has 2 unspecified atom stereocenters. The molecule has 1 saturated carbocycles. The summed E-state index contributed by atoms with van der Waals surface area (Å²) in [5.74, 6) is -4.71. The van der Waals surface area contributed by atoms with Crippen molar-refractivity contribution >= 4 is 29.3 Å². The quantitative estimate of drug-likeness (QED) is 0.479.